The van der Waals surface area contributed by atoms with Crippen LogP contribution in [0.2, 0.25) is 0 Å². The van der Waals surface area contributed by atoms with E-state index in [1.807, 2.05) is 0 Å². The molecular weight excluding hydrogens is 252 g/mol. The predicted octanol–water partition coefficient (Wildman–Crippen LogP) is 0.303. The number of H-pyrrole nitrogens is 1. The van der Waals surface area contributed by atoms with E-state index in [1.165, 1.54) is 12.1 Å². The van der Waals surface area contributed by atoms with Gasteiger partial charge in [0.25, 0.3) is 17.8 Å². The van der Waals surface area contributed by atoms with E-state index in [1.54, 1.807) is 12.1 Å². The highest BCUT2D eigenvalue weighted by Crippen LogP contribution is 2.25. The van der Waals surface area contributed by atoms with E-state index in [9.17, 15) is 14.4 Å². The van der Waals surface area contributed by atoms with Crippen LogP contribution in [0.3, 0.4) is 0 Å². The van der Waals surface area contributed by atoms with Crippen LogP contribution in [0.15, 0.2) is 24.3 Å². The Bertz CT molecular complexity index is 686. The maximum absolute atomic E-state index is 12.1. The van der Waals surface area contributed by atoms with E-state index in [2.05, 4.69) is 15.2 Å². The van der Waals surface area contributed by atoms with Gasteiger partial charge in [-0.2, -0.15) is 4.98 Å². The Morgan fingerprint density at radius 2 is 1.74 bits per heavy atom. The maximum atomic E-state index is 12.1. The fraction of sp³-hybridized carbons (Fsp3) is 0. The third-order valence-corrected chi connectivity index (χ3v) is 2.67. The molecule has 2 amide bonds. The SMILES string of the molecule is O=C(O)c1nc(N2C(=O)c3ccccc3C2=O)n[nH]1. The number of hydrogen-bond donors (Lipinski definition) is 2. The fourth-order valence-electron chi connectivity index (χ4n) is 1.82. The van der Waals surface area contributed by atoms with Crippen LogP contribution >= 0.6 is 0 Å². The molecule has 0 fully saturated rings. The van der Waals surface area contributed by atoms with Gasteiger partial charge in [0.1, 0.15) is 0 Å². The van der Waals surface area contributed by atoms with Gasteiger partial charge in [-0.25, -0.2) is 9.69 Å². The van der Waals surface area contributed by atoms with E-state index >= 15 is 0 Å². The third-order valence-electron chi connectivity index (χ3n) is 2.67. The molecule has 0 saturated heterocycles. The molecule has 0 bridgehead atoms. The van der Waals surface area contributed by atoms with E-state index in [0.717, 1.165) is 4.90 Å². The Labute approximate surface area is 105 Å². The highest BCUT2D eigenvalue weighted by atomic mass is 16.4. The number of amides is 2. The van der Waals surface area contributed by atoms with Crippen LogP contribution in [-0.2, 0) is 0 Å². The number of carboxylic acids is 1. The summed E-state index contributed by atoms with van der Waals surface area (Å²) in [6.45, 7) is 0. The summed E-state index contributed by atoms with van der Waals surface area (Å²) in [5, 5.41) is 14.4. The van der Waals surface area contributed by atoms with Crippen LogP contribution in [0.4, 0.5) is 5.95 Å². The predicted molar refractivity (Wildman–Crippen MR) is 60.9 cm³/mol. The molecule has 0 atom stereocenters. The molecule has 2 heterocycles. The van der Waals surface area contributed by atoms with E-state index in [-0.39, 0.29) is 17.1 Å². The molecule has 1 aromatic heterocycles. The lowest BCUT2D eigenvalue weighted by Gasteiger charge is -2.07. The second-order valence-corrected chi connectivity index (χ2v) is 3.78. The smallest absolute Gasteiger partial charge is 0.373 e. The lowest BCUT2D eigenvalue weighted by molar-refractivity contribution is 0.0683. The van der Waals surface area contributed by atoms with Gasteiger partial charge in [-0.1, -0.05) is 12.1 Å². The molecule has 1 aliphatic rings. The van der Waals surface area contributed by atoms with Gasteiger partial charge < -0.3 is 5.11 Å². The summed E-state index contributed by atoms with van der Waals surface area (Å²) < 4.78 is 0. The average Bonchev–Trinajstić information content (AvgIpc) is 2.96. The molecule has 0 spiro atoms. The molecule has 2 aromatic rings. The van der Waals surface area contributed by atoms with Crippen molar-refractivity contribution in [2.75, 3.05) is 4.90 Å². The first-order chi connectivity index (χ1) is 9.09. The number of carbonyl (C=O) groups is 3. The van der Waals surface area contributed by atoms with Gasteiger partial charge in [0.15, 0.2) is 0 Å². The number of nitrogens with one attached hydrogen (secondary N) is 1. The van der Waals surface area contributed by atoms with Crippen molar-refractivity contribution in [3.05, 3.63) is 41.2 Å². The molecule has 0 saturated carbocycles. The summed E-state index contributed by atoms with van der Waals surface area (Å²) in [6, 6.07) is 6.29. The number of imide groups is 1. The van der Waals surface area contributed by atoms with Gasteiger partial charge in [0.2, 0.25) is 5.82 Å². The molecule has 0 aliphatic carbocycles. The number of fused-ring (bicyclic) bond motifs is 1. The lowest BCUT2D eigenvalue weighted by atomic mass is 10.1. The zero-order chi connectivity index (χ0) is 13.6. The highest BCUT2D eigenvalue weighted by molar-refractivity contribution is 6.33. The summed E-state index contributed by atoms with van der Waals surface area (Å²) in [5.74, 6) is -3.18. The van der Waals surface area contributed by atoms with Crippen molar-refractivity contribution in [1.29, 1.82) is 0 Å². The van der Waals surface area contributed by atoms with Crippen molar-refractivity contribution < 1.29 is 19.5 Å². The molecule has 2 N–H and O–H groups in total. The van der Waals surface area contributed by atoms with Crippen LogP contribution in [0.25, 0.3) is 0 Å². The Balaban J connectivity index is 2.06. The summed E-state index contributed by atoms with van der Waals surface area (Å²) >= 11 is 0. The number of nitrogens with zero attached hydrogens (tertiary/aromatic N) is 3. The number of rotatable bonds is 2. The molecule has 1 aromatic carbocycles. The number of aromatic amines is 1. The largest absolute Gasteiger partial charge is 0.475 e. The molecule has 94 valence electrons. The number of benzene rings is 1. The number of aromatic nitrogens is 3. The summed E-state index contributed by atoms with van der Waals surface area (Å²) in [4.78, 5) is 39.1. The molecule has 19 heavy (non-hydrogen) atoms. The number of hydrogen-bond acceptors (Lipinski definition) is 5. The van der Waals surface area contributed by atoms with Crippen molar-refractivity contribution in [3.8, 4) is 0 Å². The topological polar surface area (TPSA) is 116 Å². The third kappa shape index (κ3) is 1.50. The monoisotopic (exact) mass is 258 g/mol. The number of carboxylic acid groups (broad SMARTS) is 1. The van der Waals surface area contributed by atoms with Crippen LogP contribution in [0.5, 0.6) is 0 Å². The molecule has 8 nitrogen and oxygen atoms in total. The Kier molecular flexibility index (Phi) is 2.18. The first-order valence-corrected chi connectivity index (χ1v) is 5.23. The molecule has 0 unspecified atom stereocenters. The lowest BCUT2D eigenvalue weighted by Crippen LogP contribution is -2.30. The standard InChI is InChI=1S/C11H6N4O4/c16-8-5-3-1-2-4-6(5)9(17)15(8)11-12-7(10(18)19)13-14-11/h1-4H,(H,18,19)(H,12,13,14). The second kappa shape index (κ2) is 3.73. The van der Waals surface area contributed by atoms with Crippen molar-refractivity contribution in [1.82, 2.24) is 15.2 Å². The van der Waals surface area contributed by atoms with Crippen LogP contribution < -0.4 is 4.90 Å². The Hall–Kier alpha value is -3.03. The van der Waals surface area contributed by atoms with Gasteiger partial charge in [-0.05, 0) is 12.1 Å². The van der Waals surface area contributed by atoms with Crippen LogP contribution in [0.1, 0.15) is 31.3 Å². The minimum atomic E-state index is -1.32. The number of anilines is 1. The summed E-state index contributed by atoms with van der Waals surface area (Å²) in [7, 11) is 0. The van der Waals surface area contributed by atoms with Gasteiger partial charge in [0, 0.05) is 0 Å². The summed E-state index contributed by atoms with van der Waals surface area (Å²) in [5.41, 5.74) is 0.489. The number of aromatic carboxylic acids is 1. The van der Waals surface area contributed by atoms with Gasteiger partial charge >= 0.3 is 5.97 Å². The number of carbonyl (C=O) groups excluding carboxylic acids is 2. The van der Waals surface area contributed by atoms with Crippen molar-refractivity contribution in [2.45, 2.75) is 0 Å². The molecule has 8 heteroatoms. The molecule has 1 aliphatic heterocycles. The first kappa shape index (κ1) is 11.1. The van der Waals surface area contributed by atoms with Crippen LogP contribution in [0, 0.1) is 0 Å². The fourth-order valence-corrected chi connectivity index (χ4v) is 1.82. The van der Waals surface area contributed by atoms with E-state index < -0.39 is 23.6 Å². The normalized spacial score (nSPS) is 13.8. The highest BCUT2D eigenvalue weighted by Gasteiger charge is 2.38. The average molecular weight is 258 g/mol. The molecular formula is C11H6N4O4. The Morgan fingerprint density at radius 3 is 2.21 bits per heavy atom. The van der Waals surface area contributed by atoms with E-state index in [4.69, 9.17) is 5.11 Å². The maximum Gasteiger partial charge on any atom is 0.373 e. The van der Waals surface area contributed by atoms with Crippen molar-refractivity contribution >= 4 is 23.7 Å². The van der Waals surface area contributed by atoms with Gasteiger partial charge in [-0.3, -0.25) is 14.7 Å². The first-order valence-electron chi connectivity index (χ1n) is 5.23. The summed E-state index contributed by atoms with van der Waals surface area (Å²) in [6.07, 6.45) is 0. The minimum absolute atomic E-state index is 0.245. The van der Waals surface area contributed by atoms with Crippen LogP contribution in [-0.4, -0.2) is 38.1 Å². The van der Waals surface area contributed by atoms with Gasteiger partial charge in [-0.15, -0.1) is 5.10 Å². The molecule has 3 rings (SSSR count). The van der Waals surface area contributed by atoms with Gasteiger partial charge in [0.05, 0.1) is 11.1 Å². The zero-order valence-corrected chi connectivity index (χ0v) is 9.32. The van der Waals surface area contributed by atoms with Crippen molar-refractivity contribution in [3.63, 3.8) is 0 Å². The van der Waals surface area contributed by atoms with E-state index in [0.29, 0.717) is 0 Å². The second-order valence-electron chi connectivity index (χ2n) is 3.78. The minimum Gasteiger partial charge on any atom is -0.475 e. The van der Waals surface area contributed by atoms with Crippen molar-refractivity contribution in [2.24, 2.45) is 0 Å². The Morgan fingerprint density at radius 1 is 1.16 bits per heavy atom. The zero-order valence-electron chi connectivity index (χ0n) is 9.32. The molecule has 0 radical (unpaired) electrons. The quantitative estimate of drug-likeness (QED) is 0.748.